The Balaban J connectivity index is 3.13. The molecule has 0 aliphatic heterocycles. The van der Waals surface area contributed by atoms with Crippen LogP contribution >= 0.6 is 0 Å². The number of carbonyl (C=O) groups excluding carboxylic acids is 3. The third kappa shape index (κ3) is 2.07. The molecule has 1 saturated carbocycles. The molecule has 1 N–H and O–H groups in total. The summed E-state index contributed by atoms with van der Waals surface area (Å²) in [5, 5.41) is 10.1. The minimum absolute atomic E-state index is 0.119. The molecular formula is C12H18O4. The van der Waals surface area contributed by atoms with Crippen LogP contribution in [-0.2, 0) is 14.4 Å². The Hall–Kier alpha value is -1.03. The quantitative estimate of drug-likeness (QED) is 0.705. The molecule has 0 saturated heterocycles. The number of rotatable bonds is 2. The van der Waals surface area contributed by atoms with E-state index >= 15 is 0 Å². The van der Waals surface area contributed by atoms with Gasteiger partial charge in [-0.3, -0.25) is 14.4 Å². The Kier molecular flexibility index (Phi) is 3.33. The van der Waals surface area contributed by atoms with Gasteiger partial charge in [-0.1, -0.05) is 6.92 Å². The van der Waals surface area contributed by atoms with Gasteiger partial charge >= 0.3 is 0 Å². The van der Waals surface area contributed by atoms with Crippen LogP contribution in [0.5, 0.6) is 0 Å². The molecular weight excluding hydrogens is 208 g/mol. The SMILES string of the molecule is CC(=O)[C@H]1C(=O)C[C@](C)(O)[C@H](C(C)=O)[C@@H]1C. The smallest absolute Gasteiger partial charge is 0.146 e. The van der Waals surface area contributed by atoms with E-state index in [0.29, 0.717) is 0 Å². The zero-order chi connectivity index (χ0) is 12.7. The Morgan fingerprint density at radius 3 is 2.19 bits per heavy atom. The van der Waals surface area contributed by atoms with Gasteiger partial charge < -0.3 is 5.11 Å². The van der Waals surface area contributed by atoms with Crippen molar-refractivity contribution < 1.29 is 19.5 Å². The fourth-order valence-corrected chi connectivity index (χ4v) is 3.03. The summed E-state index contributed by atoms with van der Waals surface area (Å²) in [4.78, 5) is 34.6. The maximum atomic E-state index is 11.7. The van der Waals surface area contributed by atoms with Crippen molar-refractivity contribution in [3.05, 3.63) is 0 Å². The number of hydrogen-bond acceptors (Lipinski definition) is 4. The first-order valence-electron chi connectivity index (χ1n) is 5.44. The molecule has 4 atom stereocenters. The zero-order valence-corrected chi connectivity index (χ0v) is 10.1. The lowest BCUT2D eigenvalue weighted by atomic mass is 9.62. The van der Waals surface area contributed by atoms with Crippen molar-refractivity contribution >= 4 is 17.3 Å². The fourth-order valence-electron chi connectivity index (χ4n) is 3.03. The van der Waals surface area contributed by atoms with E-state index in [1.807, 2.05) is 0 Å². The van der Waals surface area contributed by atoms with Crippen LogP contribution in [0.2, 0.25) is 0 Å². The van der Waals surface area contributed by atoms with Crippen molar-refractivity contribution in [1.29, 1.82) is 0 Å². The first-order valence-corrected chi connectivity index (χ1v) is 5.44. The summed E-state index contributed by atoms with van der Waals surface area (Å²) in [7, 11) is 0. The van der Waals surface area contributed by atoms with E-state index in [4.69, 9.17) is 0 Å². The number of Topliss-reactive ketones (excluding diaryl/α,β-unsaturated/α-hetero) is 3. The van der Waals surface area contributed by atoms with Crippen LogP contribution in [0.1, 0.15) is 34.1 Å². The molecule has 0 aromatic heterocycles. The molecule has 0 heterocycles. The molecule has 4 heteroatoms. The Morgan fingerprint density at radius 1 is 1.31 bits per heavy atom. The van der Waals surface area contributed by atoms with E-state index in [0.717, 1.165) is 0 Å². The number of hydrogen-bond donors (Lipinski definition) is 1. The lowest BCUT2D eigenvalue weighted by Gasteiger charge is -2.42. The third-order valence-electron chi connectivity index (χ3n) is 3.48. The van der Waals surface area contributed by atoms with Crippen molar-refractivity contribution in [2.24, 2.45) is 17.8 Å². The second kappa shape index (κ2) is 4.09. The Morgan fingerprint density at radius 2 is 1.81 bits per heavy atom. The molecule has 0 bridgehead atoms. The van der Waals surface area contributed by atoms with Gasteiger partial charge in [-0.25, -0.2) is 0 Å². The molecule has 0 radical (unpaired) electrons. The molecule has 1 aliphatic rings. The fraction of sp³-hybridized carbons (Fsp3) is 0.750. The van der Waals surface area contributed by atoms with E-state index in [9.17, 15) is 19.5 Å². The number of carbonyl (C=O) groups is 3. The predicted octanol–water partition coefficient (Wildman–Crippen LogP) is 0.757. The van der Waals surface area contributed by atoms with E-state index in [1.165, 1.54) is 20.8 Å². The van der Waals surface area contributed by atoms with Crippen LogP contribution in [0.25, 0.3) is 0 Å². The molecule has 0 spiro atoms. The highest BCUT2D eigenvalue weighted by molar-refractivity contribution is 6.03. The van der Waals surface area contributed by atoms with Crippen molar-refractivity contribution in [2.45, 2.75) is 39.7 Å². The van der Waals surface area contributed by atoms with Crippen LogP contribution in [-0.4, -0.2) is 28.1 Å². The van der Waals surface area contributed by atoms with Gasteiger partial charge in [0.2, 0.25) is 0 Å². The third-order valence-corrected chi connectivity index (χ3v) is 3.48. The number of ketones is 3. The average molecular weight is 226 g/mol. The molecule has 16 heavy (non-hydrogen) atoms. The summed E-state index contributed by atoms with van der Waals surface area (Å²) in [6.07, 6.45) is -0.119. The van der Waals surface area contributed by atoms with E-state index < -0.39 is 23.4 Å². The molecule has 0 aromatic carbocycles. The summed E-state index contributed by atoms with van der Waals surface area (Å²) in [5.41, 5.74) is -1.33. The maximum Gasteiger partial charge on any atom is 0.146 e. The first-order chi connectivity index (χ1) is 7.18. The standard InChI is InChI=1S/C12H18O4/c1-6-10(7(2)13)9(15)5-12(4,16)11(6)8(3)14/h6,10-11,16H,5H2,1-4H3/t6-,10+,11+,12+/m1/s1. The molecule has 1 aliphatic carbocycles. The summed E-state index contributed by atoms with van der Waals surface area (Å²) < 4.78 is 0. The van der Waals surface area contributed by atoms with Crippen molar-refractivity contribution in [2.75, 3.05) is 0 Å². The average Bonchev–Trinajstić information content (AvgIpc) is 1.97. The molecule has 1 rings (SSSR count). The highest BCUT2D eigenvalue weighted by Crippen LogP contribution is 2.40. The minimum atomic E-state index is -1.33. The van der Waals surface area contributed by atoms with E-state index in [1.54, 1.807) is 6.92 Å². The molecule has 1 fully saturated rings. The van der Waals surface area contributed by atoms with Crippen LogP contribution in [0.4, 0.5) is 0 Å². The Labute approximate surface area is 95.0 Å². The van der Waals surface area contributed by atoms with E-state index in [2.05, 4.69) is 0 Å². The van der Waals surface area contributed by atoms with Crippen LogP contribution in [0.15, 0.2) is 0 Å². The highest BCUT2D eigenvalue weighted by Gasteiger charge is 2.51. The van der Waals surface area contributed by atoms with Crippen molar-refractivity contribution in [3.8, 4) is 0 Å². The molecule has 0 aromatic rings. The van der Waals surface area contributed by atoms with Crippen LogP contribution < -0.4 is 0 Å². The summed E-state index contributed by atoms with van der Waals surface area (Å²) in [5.74, 6) is -2.46. The Bertz CT molecular complexity index is 343. The zero-order valence-electron chi connectivity index (χ0n) is 10.1. The van der Waals surface area contributed by atoms with Crippen LogP contribution in [0, 0.1) is 17.8 Å². The van der Waals surface area contributed by atoms with Gasteiger partial charge in [-0.2, -0.15) is 0 Å². The van der Waals surface area contributed by atoms with Gasteiger partial charge in [-0.05, 0) is 26.7 Å². The largest absolute Gasteiger partial charge is 0.389 e. The van der Waals surface area contributed by atoms with Crippen molar-refractivity contribution in [1.82, 2.24) is 0 Å². The topological polar surface area (TPSA) is 71.4 Å². The van der Waals surface area contributed by atoms with Gasteiger partial charge in [0.1, 0.15) is 17.3 Å². The lowest BCUT2D eigenvalue weighted by Crippen LogP contribution is -2.54. The maximum absolute atomic E-state index is 11.7. The van der Waals surface area contributed by atoms with Gasteiger partial charge in [0, 0.05) is 12.3 Å². The monoisotopic (exact) mass is 226 g/mol. The second-order valence-corrected chi connectivity index (χ2v) is 5.04. The van der Waals surface area contributed by atoms with Gasteiger partial charge in [0.05, 0.1) is 11.5 Å². The van der Waals surface area contributed by atoms with Gasteiger partial charge in [0.15, 0.2) is 0 Å². The van der Waals surface area contributed by atoms with Crippen molar-refractivity contribution in [3.63, 3.8) is 0 Å². The van der Waals surface area contributed by atoms with Gasteiger partial charge in [-0.15, -0.1) is 0 Å². The molecule has 0 unspecified atom stereocenters. The number of aliphatic hydroxyl groups is 1. The second-order valence-electron chi connectivity index (χ2n) is 5.04. The predicted molar refractivity (Wildman–Crippen MR) is 57.8 cm³/mol. The molecule has 0 amide bonds. The normalized spacial score (nSPS) is 39.6. The summed E-state index contributed by atoms with van der Waals surface area (Å²) >= 11 is 0. The molecule has 90 valence electrons. The van der Waals surface area contributed by atoms with Crippen LogP contribution in [0.3, 0.4) is 0 Å². The summed E-state index contributed by atoms with van der Waals surface area (Å²) in [6.45, 7) is 5.92. The summed E-state index contributed by atoms with van der Waals surface area (Å²) in [6, 6.07) is 0. The lowest BCUT2D eigenvalue weighted by molar-refractivity contribution is -0.155. The first kappa shape index (κ1) is 13.0. The molecule has 4 nitrogen and oxygen atoms in total. The minimum Gasteiger partial charge on any atom is -0.389 e. The van der Waals surface area contributed by atoms with E-state index in [-0.39, 0.29) is 23.8 Å². The van der Waals surface area contributed by atoms with Gasteiger partial charge in [0.25, 0.3) is 0 Å². The highest BCUT2D eigenvalue weighted by atomic mass is 16.3.